The first-order valence-electron chi connectivity index (χ1n) is 7.95. The highest BCUT2D eigenvalue weighted by Gasteiger charge is 2.09. The Morgan fingerprint density at radius 3 is 2.33 bits per heavy atom. The third kappa shape index (κ3) is 5.21. The summed E-state index contributed by atoms with van der Waals surface area (Å²) in [5.74, 6) is -0.504. The SMILES string of the molecule is CCOC(=O)c1ccc(NC(=O)CN[C@H](C)c2ccccc2)cc1. The van der Waals surface area contributed by atoms with Gasteiger partial charge >= 0.3 is 5.97 Å². The molecular weight excluding hydrogens is 304 g/mol. The van der Waals surface area contributed by atoms with E-state index in [1.165, 1.54) is 0 Å². The molecule has 5 heteroatoms. The van der Waals surface area contributed by atoms with Crippen LogP contribution in [0.2, 0.25) is 0 Å². The van der Waals surface area contributed by atoms with Crippen molar-refractivity contribution in [2.75, 3.05) is 18.5 Å². The highest BCUT2D eigenvalue weighted by atomic mass is 16.5. The number of carbonyl (C=O) groups excluding carboxylic acids is 2. The van der Waals surface area contributed by atoms with Gasteiger partial charge in [-0.2, -0.15) is 0 Å². The van der Waals surface area contributed by atoms with E-state index in [2.05, 4.69) is 10.6 Å². The second kappa shape index (κ2) is 8.84. The van der Waals surface area contributed by atoms with Gasteiger partial charge in [0.25, 0.3) is 0 Å². The fourth-order valence-corrected chi connectivity index (χ4v) is 2.21. The fraction of sp³-hybridized carbons (Fsp3) is 0.263. The zero-order chi connectivity index (χ0) is 17.4. The molecule has 0 fully saturated rings. The molecule has 2 aromatic carbocycles. The Bertz CT molecular complexity index is 669. The van der Waals surface area contributed by atoms with Gasteiger partial charge in [-0.3, -0.25) is 4.79 Å². The summed E-state index contributed by atoms with van der Waals surface area (Å²) < 4.78 is 4.92. The second-order valence-electron chi connectivity index (χ2n) is 5.36. The minimum atomic E-state index is -0.367. The van der Waals surface area contributed by atoms with Crippen LogP contribution in [0.1, 0.15) is 35.8 Å². The largest absolute Gasteiger partial charge is 0.462 e. The van der Waals surface area contributed by atoms with E-state index >= 15 is 0 Å². The number of anilines is 1. The Kier molecular flexibility index (Phi) is 6.51. The third-order valence-corrected chi connectivity index (χ3v) is 3.55. The summed E-state index contributed by atoms with van der Waals surface area (Å²) in [5, 5.41) is 5.97. The summed E-state index contributed by atoms with van der Waals surface area (Å²) in [7, 11) is 0. The van der Waals surface area contributed by atoms with Crippen molar-refractivity contribution in [2.45, 2.75) is 19.9 Å². The summed E-state index contributed by atoms with van der Waals surface area (Å²) in [6.45, 7) is 4.31. The molecule has 0 aliphatic carbocycles. The lowest BCUT2D eigenvalue weighted by Gasteiger charge is -2.14. The summed E-state index contributed by atoms with van der Waals surface area (Å²) >= 11 is 0. The second-order valence-corrected chi connectivity index (χ2v) is 5.36. The predicted octanol–water partition coefficient (Wildman–Crippen LogP) is 3.15. The van der Waals surface area contributed by atoms with Crippen LogP contribution in [0.15, 0.2) is 54.6 Å². The maximum absolute atomic E-state index is 12.0. The van der Waals surface area contributed by atoms with Crippen LogP contribution in [0, 0.1) is 0 Å². The molecular formula is C19H22N2O3. The molecule has 5 nitrogen and oxygen atoms in total. The molecule has 2 N–H and O–H groups in total. The quantitative estimate of drug-likeness (QED) is 0.767. The topological polar surface area (TPSA) is 67.4 Å². The highest BCUT2D eigenvalue weighted by Crippen LogP contribution is 2.12. The minimum Gasteiger partial charge on any atom is -0.462 e. The molecule has 0 aliphatic rings. The first-order chi connectivity index (χ1) is 11.6. The molecule has 0 spiro atoms. The van der Waals surface area contributed by atoms with E-state index in [4.69, 9.17) is 4.74 Å². The number of ether oxygens (including phenoxy) is 1. The van der Waals surface area contributed by atoms with Crippen molar-refractivity contribution in [1.82, 2.24) is 5.32 Å². The van der Waals surface area contributed by atoms with Gasteiger partial charge in [0.2, 0.25) is 5.91 Å². The summed E-state index contributed by atoms with van der Waals surface area (Å²) in [4.78, 5) is 23.6. The van der Waals surface area contributed by atoms with Gasteiger partial charge in [-0.1, -0.05) is 30.3 Å². The van der Waals surface area contributed by atoms with Crippen LogP contribution >= 0.6 is 0 Å². The van der Waals surface area contributed by atoms with Crippen molar-refractivity contribution in [2.24, 2.45) is 0 Å². The monoisotopic (exact) mass is 326 g/mol. The molecule has 0 aliphatic heterocycles. The lowest BCUT2D eigenvalue weighted by molar-refractivity contribution is -0.115. The Balaban J connectivity index is 1.83. The van der Waals surface area contributed by atoms with Crippen molar-refractivity contribution < 1.29 is 14.3 Å². The molecule has 1 amide bonds. The van der Waals surface area contributed by atoms with Gasteiger partial charge in [-0.15, -0.1) is 0 Å². The zero-order valence-corrected chi connectivity index (χ0v) is 13.9. The fourth-order valence-electron chi connectivity index (χ4n) is 2.21. The Morgan fingerprint density at radius 2 is 1.71 bits per heavy atom. The molecule has 2 rings (SSSR count). The molecule has 0 aromatic heterocycles. The Labute approximate surface area is 142 Å². The maximum atomic E-state index is 12.0. The molecule has 1 atom stereocenters. The van der Waals surface area contributed by atoms with Crippen LogP contribution in [0.3, 0.4) is 0 Å². The first-order valence-corrected chi connectivity index (χ1v) is 7.95. The van der Waals surface area contributed by atoms with Crippen LogP contribution in [-0.4, -0.2) is 25.0 Å². The summed E-state index contributed by atoms with van der Waals surface area (Å²) in [6, 6.07) is 16.7. The lowest BCUT2D eigenvalue weighted by atomic mass is 10.1. The van der Waals surface area contributed by atoms with E-state index in [9.17, 15) is 9.59 Å². The molecule has 0 radical (unpaired) electrons. The van der Waals surface area contributed by atoms with E-state index in [0.29, 0.717) is 17.9 Å². The number of carbonyl (C=O) groups is 2. The van der Waals surface area contributed by atoms with E-state index < -0.39 is 0 Å². The molecule has 0 saturated carbocycles. The number of amides is 1. The number of benzene rings is 2. The van der Waals surface area contributed by atoms with Gasteiger partial charge in [-0.05, 0) is 43.7 Å². The summed E-state index contributed by atoms with van der Waals surface area (Å²) in [5.41, 5.74) is 2.23. The van der Waals surface area contributed by atoms with Gasteiger partial charge < -0.3 is 15.4 Å². The lowest BCUT2D eigenvalue weighted by Crippen LogP contribution is -2.30. The number of hydrogen-bond acceptors (Lipinski definition) is 4. The van der Waals surface area contributed by atoms with E-state index in [0.717, 1.165) is 5.56 Å². The maximum Gasteiger partial charge on any atom is 0.338 e. The molecule has 0 saturated heterocycles. The van der Waals surface area contributed by atoms with E-state index in [-0.39, 0.29) is 24.5 Å². The number of esters is 1. The average Bonchev–Trinajstić information content (AvgIpc) is 2.61. The van der Waals surface area contributed by atoms with Gasteiger partial charge in [-0.25, -0.2) is 4.79 Å². The van der Waals surface area contributed by atoms with Gasteiger partial charge in [0.15, 0.2) is 0 Å². The standard InChI is InChI=1S/C19H22N2O3/c1-3-24-19(23)16-9-11-17(12-10-16)21-18(22)13-20-14(2)15-7-5-4-6-8-15/h4-12,14,20H,3,13H2,1-2H3,(H,21,22)/t14-/m1/s1. The normalized spacial score (nSPS) is 11.6. The van der Waals surface area contributed by atoms with E-state index in [1.54, 1.807) is 31.2 Å². The molecule has 24 heavy (non-hydrogen) atoms. The van der Waals surface area contributed by atoms with Crippen molar-refractivity contribution in [3.05, 3.63) is 65.7 Å². The predicted molar refractivity (Wildman–Crippen MR) is 93.9 cm³/mol. The smallest absolute Gasteiger partial charge is 0.338 e. The van der Waals surface area contributed by atoms with Crippen LogP contribution < -0.4 is 10.6 Å². The first kappa shape index (κ1) is 17.7. The number of hydrogen-bond donors (Lipinski definition) is 2. The highest BCUT2D eigenvalue weighted by molar-refractivity contribution is 5.94. The number of nitrogens with one attached hydrogen (secondary N) is 2. The molecule has 0 heterocycles. The molecule has 126 valence electrons. The van der Waals surface area contributed by atoms with E-state index in [1.807, 2.05) is 37.3 Å². The minimum absolute atomic E-state index is 0.0862. The van der Waals surface area contributed by atoms with Crippen molar-refractivity contribution in [1.29, 1.82) is 0 Å². The van der Waals surface area contributed by atoms with Crippen molar-refractivity contribution in [3.8, 4) is 0 Å². The van der Waals surface area contributed by atoms with Crippen LogP contribution in [0.4, 0.5) is 5.69 Å². The third-order valence-electron chi connectivity index (χ3n) is 3.55. The van der Waals surface area contributed by atoms with Crippen LogP contribution in [0.5, 0.6) is 0 Å². The zero-order valence-electron chi connectivity index (χ0n) is 13.9. The van der Waals surface area contributed by atoms with Gasteiger partial charge in [0.05, 0.1) is 18.7 Å². The van der Waals surface area contributed by atoms with Crippen LogP contribution in [-0.2, 0) is 9.53 Å². The van der Waals surface area contributed by atoms with Gasteiger partial charge in [0, 0.05) is 11.7 Å². The van der Waals surface area contributed by atoms with Crippen molar-refractivity contribution >= 4 is 17.6 Å². The Morgan fingerprint density at radius 1 is 1.04 bits per heavy atom. The molecule has 2 aromatic rings. The molecule has 0 bridgehead atoms. The van der Waals surface area contributed by atoms with Gasteiger partial charge in [0.1, 0.15) is 0 Å². The van der Waals surface area contributed by atoms with Crippen molar-refractivity contribution in [3.63, 3.8) is 0 Å². The average molecular weight is 326 g/mol. The Hall–Kier alpha value is -2.66. The van der Waals surface area contributed by atoms with Crippen LogP contribution in [0.25, 0.3) is 0 Å². The number of rotatable bonds is 7. The summed E-state index contributed by atoms with van der Waals surface area (Å²) in [6.07, 6.45) is 0. The molecule has 0 unspecified atom stereocenters.